The number of amides is 1. The molecule has 1 fully saturated rings. The molecule has 2 unspecified atom stereocenters. The molecule has 2 heterocycles. The van der Waals surface area contributed by atoms with Crippen molar-refractivity contribution in [1.82, 2.24) is 4.90 Å². The van der Waals surface area contributed by atoms with Crippen molar-refractivity contribution < 1.29 is 14.3 Å². The number of rotatable bonds is 2. The molecule has 0 bridgehead atoms. The fourth-order valence-electron chi connectivity index (χ4n) is 3.00. The summed E-state index contributed by atoms with van der Waals surface area (Å²) in [7, 11) is 0. The van der Waals surface area contributed by atoms with E-state index in [0.717, 1.165) is 17.4 Å². The molecule has 0 aromatic heterocycles. The largest absolute Gasteiger partial charge is 0.486 e. The van der Waals surface area contributed by atoms with Gasteiger partial charge in [0.25, 0.3) is 5.91 Å². The van der Waals surface area contributed by atoms with E-state index in [1.165, 1.54) is 0 Å². The summed E-state index contributed by atoms with van der Waals surface area (Å²) in [6.07, 6.45) is 0.966. The van der Waals surface area contributed by atoms with E-state index >= 15 is 0 Å². The van der Waals surface area contributed by atoms with Crippen molar-refractivity contribution in [3.05, 3.63) is 22.2 Å². The maximum atomic E-state index is 12.7. The smallest absolute Gasteiger partial charge is 0.254 e. The van der Waals surface area contributed by atoms with Gasteiger partial charge in [-0.15, -0.1) is 0 Å². The van der Waals surface area contributed by atoms with E-state index in [4.69, 9.17) is 15.2 Å². The van der Waals surface area contributed by atoms with Crippen molar-refractivity contribution in [2.24, 2.45) is 11.7 Å². The predicted octanol–water partition coefficient (Wildman–Crippen LogP) is 2.03. The molecular weight excluding hydrogens is 336 g/mol. The summed E-state index contributed by atoms with van der Waals surface area (Å²) in [5, 5.41) is 0. The van der Waals surface area contributed by atoms with Gasteiger partial charge in [0.2, 0.25) is 0 Å². The number of ether oxygens (including phenoxy) is 2. The van der Waals surface area contributed by atoms with Crippen LogP contribution < -0.4 is 15.2 Å². The van der Waals surface area contributed by atoms with E-state index in [1.54, 1.807) is 12.1 Å². The van der Waals surface area contributed by atoms with Crippen LogP contribution in [-0.2, 0) is 0 Å². The van der Waals surface area contributed by atoms with Crippen molar-refractivity contribution in [1.29, 1.82) is 0 Å². The lowest BCUT2D eigenvalue weighted by molar-refractivity contribution is 0.0742. The molecule has 1 amide bonds. The zero-order valence-electron chi connectivity index (χ0n) is 12.0. The van der Waals surface area contributed by atoms with Gasteiger partial charge in [0.05, 0.1) is 4.47 Å². The molecule has 0 aliphatic carbocycles. The van der Waals surface area contributed by atoms with Gasteiger partial charge < -0.3 is 20.1 Å². The molecule has 1 aromatic carbocycles. The average molecular weight is 355 g/mol. The Morgan fingerprint density at radius 1 is 1.43 bits per heavy atom. The standard InChI is InChI=1S/C15H19BrN2O3/c1-9-4-10(7-17)8-18(9)15(19)11-5-12(16)14-13(6-11)20-2-3-21-14/h5-6,9-10H,2-4,7-8,17H2,1H3. The number of hydrogen-bond donors (Lipinski definition) is 1. The highest BCUT2D eigenvalue weighted by Crippen LogP contribution is 2.39. The van der Waals surface area contributed by atoms with Crippen molar-refractivity contribution in [2.45, 2.75) is 19.4 Å². The summed E-state index contributed by atoms with van der Waals surface area (Å²) < 4.78 is 11.9. The van der Waals surface area contributed by atoms with Crippen LogP contribution in [0.2, 0.25) is 0 Å². The van der Waals surface area contributed by atoms with Crippen molar-refractivity contribution in [2.75, 3.05) is 26.3 Å². The number of hydrogen-bond acceptors (Lipinski definition) is 4. The first-order chi connectivity index (χ1) is 10.1. The lowest BCUT2D eigenvalue weighted by Crippen LogP contribution is -2.34. The number of likely N-dealkylation sites (tertiary alicyclic amines) is 1. The van der Waals surface area contributed by atoms with E-state index in [0.29, 0.717) is 42.7 Å². The van der Waals surface area contributed by atoms with Gasteiger partial charge in [0, 0.05) is 18.2 Å². The van der Waals surface area contributed by atoms with E-state index in [2.05, 4.69) is 22.9 Å². The van der Waals surface area contributed by atoms with E-state index in [9.17, 15) is 4.79 Å². The molecule has 5 nitrogen and oxygen atoms in total. The number of nitrogens with two attached hydrogens (primary N) is 1. The van der Waals surface area contributed by atoms with Crippen LogP contribution in [0.15, 0.2) is 16.6 Å². The normalized spacial score (nSPS) is 24.2. The summed E-state index contributed by atoms with van der Waals surface area (Å²) in [5.74, 6) is 1.72. The van der Waals surface area contributed by atoms with Gasteiger partial charge in [-0.2, -0.15) is 0 Å². The van der Waals surface area contributed by atoms with Gasteiger partial charge in [-0.25, -0.2) is 0 Å². The fourth-order valence-corrected chi connectivity index (χ4v) is 3.55. The summed E-state index contributed by atoms with van der Waals surface area (Å²) >= 11 is 3.45. The van der Waals surface area contributed by atoms with Gasteiger partial charge in [-0.05, 0) is 53.9 Å². The Bertz CT molecular complexity index is 564. The van der Waals surface area contributed by atoms with Gasteiger partial charge in [-0.3, -0.25) is 4.79 Å². The van der Waals surface area contributed by atoms with E-state index in [1.807, 2.05) is 4.90 Å². The first-order valence-electron chi connectivity index (χ1n) is 7.20. The zero-order valence-corrected chi connectivity index (χ0v) is 13.6. The molecule has 0 radical (unpaired) electrons. The highest BCUT2D eigenvalue weighted by Gasteiger charge is 2.33. The Morgan fingerprint density at radius 2 is 2.19 bits per heavy atom. The van der Waals surface area contributed by atoms with Crippen molar-refractivity contribution in [3.8, 4) is 11.5 Å². The molecule has 2 aliphatic heterocycles. The van der Waals surface area contributed by atoms with Crippen LogP contribution in [0.5, 0.6) is 11.5 Å². The first-order valence-corrected chi connectivity index (χ1v) is 7.99. The van der Waals surface area contributed by atoms with Crippen LogP contribution in [0.1, 0.15) is 23.7 Å². The third-order valence-electron chi connectivity index (χ3n) is 4.10. The number of nitrogens with zero attached hydrogens (tertiary/aromatic N) is 1. The molecular formula is C15H19BrN2O3. The molecule has 21 heavy (non-hydrogen) atoms. The minimum Gasteiger partial charge on any atom is -0.486 e. The predicted molar refractivity (Wildman–Crippen MR) is 82.8 cm³/mol. The topological polar surface area (TPSA) is 64.8 Å². The maximum Gasteiger partial charge on any atom is 0.254 e. The zero-order chi connectivity index (χ0) is 15.0. The van der Waals surface area contributed by atoms with Crippen LogP contribution >= 0.6 is 15.9 Å². The number of benzene rings is 1. The second kappa shape index (κ2) is 5.85. The molecule has 3 rings (SSSR count). The molecule has 1 saturated heterocycles. The molecule has 2 N–H and O–H groups in total. The minimum absolute atomic E-state index is 0.0242. The fraction of sp³-hybridized carbons (Fsp3) is 0.533. The molecule has 1 aromatic rings. The van der Waals surface area contributed by atoms with Gasteiger partial charge in [0.15, 0.2) is 11.5 Å². The van der Waals surface area contributed by atoms with E-state index < -0.39 is 0 Å². The maximum absolute atomic E-state index is 12.7. The van der Waals surface area contributed by atoms with Crippen LogP contribution in [0.4, 0.5) is 0 Å². The summed E-state index contributed by atoms with van der Waals surface area (Å²) in [6, 6.07) is 3.79. The number of carbonyl (C=O) groups excluding carboxylic acids is 1. The van der Waals surface area contributed by atoms with Gasteiger partial charge >= 0.3 is 0 Å². The molecule has 114 valence electrons. The van der Waals surface area contributed by atoms with Gasteiger partial charge in [0.1, 0.15) is 13.2 Å². The quantitative estimate of drug-likeness (QED) is 0.882. The van der Waals surface area contributed by atoms with Crippen molar-refractivity contribution in [3.63, 3.8) is 0 Å². The Labute approximate surface area is 132 Å². The molecule has 2 atom stereocenters. The highest BCUT2D eigenvalue weighted by molar-refractivity contribution is 9.10. The van der Waals surface area contributed by atoms with Crippen LogP contribution in [-0.4, -0.2) is 43.2 Å². The third-order valence-corrected chi connectivity index (χ3v) is 4.69. The lowest BCUT2D eigenvalue weighted by atomic mass is 10.1. The Hall–Kier alpha value is -1.27. The number of carbonyl (C=O) groups is 1. The Morgan fingerprint density at radius 3 is 2.90 bits per heavy atom. The third kappa shape index (κ3) is 2.74. The lowest BCUT2D eigenvalue weighted by Gasteiger charge is -2.24. The molecule has 0 spiro atoms. The Kier molecular flexibility index (Phi) is 4.08. The highest BCUT2D eigenvalue weighted by atomic mass is 79.9. The average Bonchev–Trinajstić information content (AvgIpc) is 2.87. The Balaban J connectivity index is 1.87. The summed E-state index contributed by atoms with van der Waals surface area (Å²) in [5.41, 5.74) is 6.35. The SMILES string of the molecule is CC1CC(CN)CN1C(=O)c1cc(Br)c2c(c1)OCCO2. The second-order valence-corrected chi connectivity index (χ2v) is 6.48. The van der Waals surface area contributed by atoms with Gasteiger partial charge in [-0.1, -0.05) is 0 Å². The first kappa shape index (κ1) is 14.7. The molecule has 0 saturated carbocycles. The number of fused-ring (bicyclic) bond motifs is 1. The van der Waals surface area contributed by atoms with Crippen LogP contribution in [0, 0.1) is 5.92 Å². The van der Waals surface area contributed by atoms with Crippen molar-refractivity contribution >= 4 is 21.8 Å². The van der Waals surface area contributed by atoms with Crippen LogP contribution in [0.3, 0.4) is 0 Å². The summed E-state index contributed by atoms with van der Waals surface area (Å²) in [6.45, 7) is 4.45. The van der Waals surface area contributed by atoms with E-state index in [-0.39, 0.29) is 11.9 Å². The molecule has 2 aliphatic rings. The van der Waals surface area contributed by atoms with Crippen LogP contribution in [0.25, 0.3) is 0 Å². The minimum atomic E-state index is 0.0242. The summed E-state index contributed by atoms with van der Waals surface area (Å²) in [4.78, 5) is 14.6. The second-order valence-electron chi connectivity index (χ2n) is 5.63. The monoisotopic (exact) mass is 354 g/mol. The number of halogens is 1. The molecule has 6 heteroatoms.